The van der Waals surface area contributed by atoms with Gasteiger partial charge in [0.1, 0.15) is 12.1 Å². The van der Waals surface area contributed by atoms with E-state index < -0.39 is 0 Å². The molecule has 176 valence electrons. The fourth-order valence-corrected chi connectivity index (χ4v) is 5.95. The Hall–Kier alpha value is -3.63. The van der Waals surface area contributed by atoms with Crippen LogP contribution in [0.25, 0.3) is 43.4 Å². The highest BCUT2D eigenvalue weighted by atomic mass is 32.1. The molecule has 10 heteroatoms. The Labute approximate surface area is 204 Å². The van der Waals surface area contributed by atoms with E-state index in [1.54, 1.807) is 12.6 Å². The van der Waals surface area contributed by atoms with Crippen LogP contribution < -0.4 is 10.1 Å². The van der Waals surface area contributed by atoms with E-state index in [0.717, 1.165) is 59.1 Å². The number of piperidine rings is 1. The first-order chi connectivity index (χ1) is 17.1. The van der Waals surface area contributed by atoms with Gasteiger partial charge in [0, 0.05) is 11.8 Å². The largest absolute Gasteiger partial charge is 0.479 e. The summed E-state index contributed by atoms with van der Waals surface area (Å²) in [6.07, 6.45) is 5.66. The number of rotatable bonds is 3. The Morgan fingerprint density at radius 1 is 1.06 bits per heavy atom. The SMILES string of the molecule is COc1nn(C2CCN(C)CC2)cc1-c1cc2c3c(ncnc3c1)Nc1c-2cc2ncsc2c1F. The van der Waals surface area contributed by atoms with Crippen molar-refractivity contribution in [2.24, 2.45) is 0 Å². The van der Waals surface area contributed by atoms with Crippen LogP contribution in [0.5, 0.6) is 5.88 Å². The van der Waals surface area contributed by atoms with Gasteiger partial charge in [0.2, 0.25) is 5.88 Å². The van der Waals surface area contributed by atoms with Crippen molar-refractivity contribution in [2.75, 3.05) is 32.6 Å². The molecule has 2 aliphatic rings. The fraction of sp³-hybridized carbons (Fsp3) is 0.280. The summed E-state index contributed by atoms with van der Waals surface area (Å²) in [5, 5.41) is 8.83. The second-order valence-corrected chi connectivity index (χ2v) is 10.0. The Balaban J connectivity index is 1.43. The van der Waals surface area contributed by atoms with Gasteiger partial charge in [-0.15, -0.1) is 16.4 Å². The second kappa shape index (κ2) is 7.69. The quantitative estimate of drug-likeness (QED) is 0.366. The predicted octanol–water partition coefficient (Wildman–Crippen LogP) is 5.24. The van der Waals surface area contributed by atoms with E-state index in [1.165, 1.54) is 17.7 Å². The zero-order valence-corrected chi connectivity index (χ0v) is 20.1. The van der Waals surface area contributed by atoms with Crippen LogP contribution in [0.4, 0.5) is 15.9 Å². The number of methoxy groups -OCH3 is 1. The number of thiazole rings is 1. The first kappa shape index (κ1) is 20.7. The number of fused-ring (bicyclic) bond motifs is 3. The number of likely N-dealkylation sites (tertiary alicyclic amines) is 1. The third-order valence-electron chi connectivity index (χ3n) is 7.10. The molecule has 2 aliphatic heterocycles. The van der Waals surface area contributed by atoms with Gasteiger partial charge in [0.15, 0.2) is 5.82 Å². The van der Waals surface area contributed by atoms with Crippen LogP contribution >= 0.6 is 11.3 Å². The number of nitrogens with zero attached hydrogens (tertiary/aromatic N) is 6. The van der Waals surface area contributed by atoms with Crippen molar-refractivity contribution >= 4 is 44.0 Å². The van der Waals surface area contributed by atoms with Gasteiger partial charge in [-0.1, -0.05) is 0 Å². The maximum Gasteiger partial charge on any atom is 0.240 e. The summed E-state index contributed by atoms with van der Waals surface area (Å²) in [6, 6.07) is 6.35. The Kier molecular flexibility index (Phi) is 4.55. The second-order valence-electron chi connectivity index (χ2n) is 9.15. The van der Waals surface area contributed by atoms with Crippen LogP contribution in [0.1, 0.15) is 18.9 Å². The topological polar surface area (TPSA) is 81.0 Å². The van der Waals surface area contributed by atoms with Gasteiger partial charge in [-0.3, -0.25) is 4.68 Å². The zero-order chi connectivity index (χ0) is 23.7. The molecule has 8 nitrogen and oxygen atoms in total. The molecule has 3 aromatic heterocycles. The van der Waals surface area contributed by atoms with E-state index >= 15 is 4.39 Å². The molecule has 0 radical (unpaired) electrons. The highest BCUT2D eigenvalue weighted by Crippen LogP contribution is 2.48. The number of benzene rings is 2. The zero-order valence-electron chi connectivity index (χ0n) is 19.2. The smallest absolute Gasteiger partial charge is 0.240 e. The van der Waals surface area contributed by atoms with E-state index in [9.17, 15) is 0 Å². The van der Waals surface area contributed by atoms with Crippen molar-refractivity contribution in [1.82, 2.24) is 29.6 Å². The van der Waals surface area contributed by atoms with Gasteiger partial charge in [0.05, 0.1) is 51.0 Å². The molecule has 1 N–H and O–H groups in total. The minimum Gasteiger partial charge on any atom is -0.479 e. The molecule has 7 rings (SSSR count). The number of aromatic nitrogens is 5. The van der Waals surface area contributed by atoms with Crippen molar-refractivity contribution < 1.29 is 9.13 Å². The van der Waals surface area contributed by atoms with Gasteiger partial charge in [-0.05, 0) is 62.3 Å². The van der Waals surface area contributed by atoms with Crippen LogP contribution in [0, 0.1) is 5.82 Å². The lowest BCUT2D eigenvalue weighted by Crippen LogP contribution is -2.31. The van der Waals surface area contributed by atoms with Crippen LogP contribution in [0.15, 0.2) is 36.2 Å². The molecule has 1 fully saturated rings. The minimum atomic E-state index is -0.310. The molecule has 0 bridgehead atoms. The number of ether oxygens (including phenoxy) is 1. The minimum absolute atomic E-state index is 0.310. The standard InChI is InChI=1S/C25H22FN7OS/c1-32-5-3-14(4-6-32)33-10-17(25(31-33)34-2)13-7-15-16-9-19-23(35-12-29-19)21(26)22(16)30-24-20(15)18(8-13)27-11-28-24/h7-12,14H,3-6H2,1-2H3,(H,27,28,30). The Morgan fingerprint density at radius 2 is 1.91 bits per heavy atom. The van der Waals surface area contributed by atoms with E-state index in [2.05, 4.69) is 44.5 Å². The average Bonchev–Trinajstić information content (AvgIpc) is 3.53. The highest BCUT2D eigenvalue weighted by Gasteiger charge is 2.27. The Bertz CT molecular complexity index is 1620. The highest BCUT2D eigenvalue weighted by molar-refractivity contribution is 7.16. The van der Waals surface area contributed by atoms with Crippen LogP contribution in [-0.4, -0.2) is 56.9 Å². The molecule has 5 heterocycles. The van der Waals surface area contributed by atoms with Crippen molar-refractivity contribution in [3.8, 4) is 28.1 Å². The third-order valence-corrected chi connectivity index (χ3v) is 7.94. The van der Waals surface area contributed by atoms with Crippen LogP contribution in [0.2, 0.25) is 0 Å². The maximum atomic E-state index is 15.5. The van der Waals surface area contributed by atoms with Crippen LogP contribution in [-0.2, 0) is 0 Å². The maximum absolute atomic E-state index is 15.5. The lowest BCUT2D eigenvalue weighted by atomic mass is 9.92. The number of halogens is 1. The number of hydrogen-bond acceptors (Lipinski definition) is 8. The molecular formula is C25H22FN7OS. The first-order valence-corrected chi connectivity index (χ1v) is 12.4. The molecule has 0 amide bonds. The summed E-state index contributed by atoms with van der Waals surface area (Å²) < 4.78 is 23.7. The molecule has 5 aromatic rings. The van der Waals surface area contributed by atoms with Crippen molar-refractivity contribution in [3.05, 3.63) is 42.1 Å². The van der Waals surface area contributed by atoms with E-state index in [-0.39, 0.29) is 5.82 Å². The fourth-order valence-electron chi connectivity index (χ4n) is 5.24. The molecule has 0 saturated carbocycles. The van der Waals surface area contributed by atoms with Gasteiger partial charge >= 0.3 is 0 Å². The molecular weight excluding hydrogens is 465 g/mol. The number of hydrogen-bond donors (Lipinski definition) is 1. The Morgan fingerprint density at radius 3 is 2.74 bits per heavy atom. The molecule has 35 heavy (non-hydrogen) atoms. The van der Waals surface area contributed by atoms with Gasteiger partial charge in [-0.2, -0.15) is 0 Å². The number of anilines is 2. The van der Waals surface area contributed by atoms with E-state index in [4.69, 9.17) is 9.84 Å². The molecule has 2 aromatic carbocycles. The first-order valence-electron chi connectivity index (χ1n) is 11.5. The lowest BCUT2D eigenvalue weighted by molar-refractivity contribution is 0.210. The van der Waals surface area contributed by atoms with Crippen molar-refractivity contribution in [2.45, 2.75) is 18.9 Å². The predicted molar refractivity (Wildman–Crippen MR) is 135 cm³/mol. The molecule has 0 atom stereocenters. The van der Waals surface area contributed by atoms with Gasteiger partial charge in [0.25, 0.3) is 0 Å². The van der Waals surface area contributed by atoms with Gasteiger partial charge in [-0.25, -0.2) is 19.3 Å². The summed E-state index contributed by atoms with van der Waals surface area (Å²) in [6.45, 7) is 2.09. The third kappa shape index (κ3) is 3.13. The monoisotopic (exact) mass is 487 g/mol. The lowest BCUT2D eigenvalue weighted by Gasteiger charge is -2.28. The number of nitrogens with one attached hydrogen (secondary N) is 1. The van der Waals surface area contributed by atoms with Gasteiger partial charge < -0.3 is 15.0 Å². The normalized spacial score (nSPS) is 16.0. The molecule has 0 aliphatic carbocycles. The summed E-state index contributed by atoms with van der Waals surface area (Å²) in [7, 11) is 3.79. The van der Waals surface area contributed by atoms with Crippen LogP contribution in [0.3, 0.4) is 0 Å². The molecule has 0 spiro atoms. The van der Waals surface area contributed by atoms with Crippen molar-refractivity contribution in [1.29, 1.82) is 0 Å². The van der Waals surface area contributed by atoms with E-state index in [1.807, 2.05) is 16.8 Å². The molecule has 0 unspecified atom stereocenters. The summed E-state index contributed by atoms with van der Waals surface area (Å²) in [5.41, 5.74) is 6.91. The van der Waals surface area contributed by atoms with E-state index in [0.29, 0.717) is 33.6 Å². The summed E-state index contributed by atoms with van der Waals surface area (Å²) >= 11 is 1.29. The average molecular weight is 488 g/mol. The summed E-state index contributed by atoms with van der Waals surface area (Å²) in [4.78, 5) is 15.7. The van der Waals surface area contributed by atoms with Crippen molar-refractivity contribution in [3.63, 3.8) is 0 Å². The molecule has 1 saturated heterocycles. The summed E-state index contributed by atoms with van der Waals surface area (Å²) in [5.74, 6) is 0.858.